The average Bonchev–Trinajstić information content (AvgIpc) is 2.64. The van der Waals surface area contributed by atoms with Gasteiger partial charge in [-0.25, -0.2) is 0 Å². The van der Waals surface area contributed by atoms with Gasteiger partial charge in [0.25, 0.3) is 0 Å². The van der Waals surface area contributed by atoms with E-state index in [1.165, 1.54) is 6.07 Å². The maximum atomic E-state index is 13.3. The van der Waals surface area contributed by atoms with Gasteiger partial charge in [-0.05, 0) is 44.0 Å². The standard InChI is InChI=1S/C22H25F3N2O2/c1-4-5-10-21(2,3)29-19-12-17(22(23,24)25)11-18(13-19)28-14-15-6-8-16(9-7-15)20(26)27/h5-13H,4,14H2,1-3H3,(H3,26,27)/b10-5-. The van der Waals surface area contributed by atoms with E-state index in [0.717, 1.165) is 24.1 Å². The Morgan fingerprint density at radius 3 is 2.24 bits per heavy atom. The second-order valence-corrected chi connectivity index (χ2v) is 7.11. The van der Waals surface area contributed by atoms with Crippen molar-refractivity contribution in [2.45, 2.75) is 45.6 Å². The first-order valence-corrected chi connectivity index (χ1v) is 9.15. The fourth-order valence-corrected chi connectivity index (χ4v) is 2.56. The van der Waals surface area contributed by atoms with Gasteiger partial charge >= 0.3 is 6.18 Å². The number of nitrogens with two attached hydrogens (primary N) is 1. The van der Waals surface area contributed by atoms with Crippen LogP contribution < -0.4 is 15.2 Å². The molecule has 4 nitrogen and oxygen atoms in total. The van der Waals surface area contributed by atoms with Gasteiger partial charge in [-0.15, -0.1) is 0 Å². The molecule has 156 valence electrons. The van der Waals surface area contributed by atoms with Crippen LogP contribution in [0.2, 0.25) is 0 Å². The van der Waals surface area contributed by atoms with Crippen molar-refractivity contribution in [3.63, 3.8) is 0 Å². The van der Waals surface area contributed by atoms with E-state index < -0.39 is 17.3 Å². The summed E-state index contributed by atoms with van der Waals surface area (Å²) in [5.41, 5.74) is 5.10. The van der Waals surface area contributed by atoms with Crippen LogP contribution in [0.25, 0.3) is 0 Å². The van der Waals surface area contributed by atoms with Crippen LogP contribution in [0.5, 0.6) is 11.5 Å². The SMILES string of the molecule is CC/C=C\C(C)(C)Oc1cc(OCc2ccc(C(=N)N)cc2)cc(C(F)(F)F)c1. The topological polar surface area (TPSA) is 68.3 Å². The quantitative estimate of drug-likeness (QED) is 0.336. The highest BCUT2D eigenvalue weighted by atomic mass is 19.4. The van der Waals surface area contributed by atoms with Gasteiger partial charge in [0.05, 0.1) is 5.56 Å². The lowest BCUT2D eigenvalue weighted by Crippen LogP contribution is -2.25. The maximum Gasteiger partial charge on any atom is 0.416 e. The summed E-state index contributed by atoms with van der Waals surface area (Å²) in [4.78, 5) is 0. The number of rotatable bonds is 8. The van der Waals surface area contributed by atoms with Crippen LogP contribution in [0.15, 0.2) is 54.6 Å². The summed E-state index contributed by atoms with van der Waals surface area (Å²) in [5.74, 6) is 0.0742. The number of allylic oxidation sites excluding steroid dienone is 1. The normalized spacial score (nSPS) is 12.2. The van der Waals surface area contributed by atoms with E-state index in [1.807, 2.05) is 19.1 Å². The summed E-state index contributed by atoms with van der Waals surface area (Å²) < 4.78 is 51.3. The highest BCUT2D eigenvalue weighted by Crippen LogP contribution is 2.36. The molecule has 0 bridgehead atoms. The molecule has 7 heteroatoms. The molecule has 0 unspecified atom stereocenters. The minimum Gasteiger partial charge on any atom is -0.489 e. The van der Waals surface area contributed by atoms with Crippen molar-refractivity contribution in [3.8, 4) is 11.5 Å². The zero-order valence-corrected chi connectivity index (χ0v) is 16.6. The number of halogens is 3. The Kier molecular flexibility index (Phi) is 6.95. The first-order valence-electron chi connectivity index (χ1n) is 9.15. The second kappa shape index (κ2) is 9.03. The lowest BCUT2D eigenvalue weighted by molar-refractivity contribution is -0.137. The van der Waals surface area contributed by atoms with Crippen molar-refractivity contribution >= 4 is 5.84 Å². The second-order valence-electron chi connectivity index (χ2n) is 7.11. The molecule has 0 heterocycles. The first kappa shape index (κ1) is 22.3. The highest BCUT2D eigenvalue weighted by Gasteiger charge is 2.32. The van der Waals surface area contributed by atoms with Gasteiger partial charge in [0, 0.05) is 11.6 Å². The Bertz CT molecular complexity index is 873. The third-order valence-corrected chi connectivity index (χ3v) is 4.01. The molecule has 0 aromatic heterocycles. The highest BCUT2D eigenvalue weighted by molar-refractivity contribution is 5.94. The monoisotopic (exact) mass is 406 g/mol. The summed E-state index contributed by atoms with van der Waals surface area (Å²) in [5, 5.41) is 7.38. The van der Waals surface area contributed by atoms with Crippen LogP contribution >= 0.6 is 0 Å². The molecular formula is C22H25F3N2O2. The molecule has 29 heavy (non-hydrogen) atoms. The Hall–Kier alpha value is -2.96. The van der Waals surface area contributed by atoms with Crippen LogP contribution in [0, 0.1) is 5.41 Å². The fraction of sp³-hybridized carbons (Fsp3) is 0.318. The third kappa shape index (κ3) is 6.85. The van der Waals surface area contributed by atoms with E-state index in [9.17, 15) is 13.2 Å². The summed E-state index contributed by atoms with van der Waals surface area (Å²) in [7, 11) is 0. The van der Waals surface area contributed by atoms with E-state index in [4.69, 9.17) is 20.6 Å². The van der Waals surface area contributed by atoms with E-state index in [1.54, 1.807) is 38.1 Å². The van der Waals surface area contributed by atoms with Gasteiger partial charge in [-0.3, -0.25) is 5.41 Å². The van der Waals surface area contributed by atoms with Crippen LogP contribution in [-0.4, -0.2) is 11.4 Å². The number of ether oxygens (including phenoxy) is 2. The molecule has 2 aromatic carbocycles. The average molecular weight is 406 g/mol. The maximum absolute atomic E-state index is 13.3. The largest absolute Gasteiger partial charge is 0.489 e. The van der Waals surface area contributed by atoms with E-state index in [-0.39, 0.29) is 23.9 Å². The first-order chi connectivity index (χ1) is 13.5. The number of alkyl halides is 3. The van der Waals surface area contributed by atoms with Crippen LogP contribution in [0.4, 0.5) is 13.2 Å². The Labute approximate surface area is 168 Å². The molecule has 0 fully saturated rings. The Morgan fingerprint density at radius 1 is 1.07 bits per heavy atom. The molecule has 2 rings (SSSR count). The number of benzene rings is 2. The lowest BCUT2D eigenvalue weighted by Gasteiger charge is -2.24. The number of nitrogens with one attached hydrogen (secondary N) is 1. The predicted octanol–water partition coefficient (Wildman–Crippen LogP) is 5.69. The van der Waals surface area contributed by atoms with Crippen molar-refractivity contribution in [2.75, 3.05) is 0 Å². The molecule has 0 saturated carbocycles. The number of hydrogen-bond donors (Lipinski definition) is 2. The molecule has 2 aromatic rings. The smallest absolute Gasteiger partial charge is 0.416 e. The minimum absolute atomic E-state index is 0.0562. The summed E-state index contributed by atoms with van der Waals surface area (Å²) in [6.07, 6.45) is -0.0176. The van der Waals surface area contributed by atoms with Gasteiger partial charge in [0.15, 0.2) is 0 Å². The van der Waals surface area contributed by atoms with Gasteiger partial charge in [-0.2, -0.15) is 13.2 Å². The van der Waals surface area contributed by atoms with Crippen LogP contribution in [0.3, 0.4) is 0 Å². The third-order valence-electron chi connectivity index (χ3n) is 4.01. The van der Waals surface area contributed by atoms with E-state index in [0.29, 0.717) is 5.56 Å². The van der Waals surface area contributed by atoms with Crippen molar-refractivity contribution in [2.24, 2.45) is 5.73 Å². The molecule has 0 aliphatic heterocycles. The van der Waals surface area contributed by atoms with Crippen molar-refractivity contribution in [1.82, 2.24) is 0 Å². The molecule has 0 spiro atoms. The van der Waals surface area contributed by atoms with Gasteiger partial charge < -0.3 is 15.2 Å². The number of hydrogen-bond acceptors (Lipinski definition) is 3. The number of amidine groups is 1. The molecule has 3 N–H and O–H groups in total. The zero-order valence-electron chi connectivity index (χ0n) is 16.6. The van der Waals surface area contributed by atoms with Gasteiger partial charge in [0.2, 0.25) is 0 Å². The van der Waals surface area contributed by atoms with E-state index >= 15 is 0 Å². The molecular weight excluding hydrogens is 381 g/mol. The van der Waals surface area contributed by atoms with Gasteiger partial charge in [-0.1, -0.05) is 37.3 Å². The van der Waals surface area contributed by atoms with Crippen molar-refractivity contribution in [3.05, 3.63) is 71.3 Å². The summed E-state index contributed by atoms with van der Waals surface area (Å²) in [6, 6.07) is 10.1. The van der Waals surface area contributed by atoms with E-state index in [2.05, 4.69) is 0 Å². The van der Waals surface area contributed by atoms with Crippen molar-refractivity contribution < 1.29 is 22.6 Å². The minimum atomic E-state index is -4.52. The zero-order chi connectivity index (χ0) is 21.7. The Morgan fingerprint density at radius 2 is 1.69 bits per heavy atom. The summed E-state index contributed by atoms with van der Waals surface area (Å²) in [6.45, 7) is 5.58. The summed E-state index contributed by atoms with van der Waals surface area (Å²) >= 11 is 0. The lowest BCUT2D eigenvalue weighted by atomic mass is 10.1. The van der Waals surface area contributed by atoms with Gasteiger partial charge in [0.1, 0.15) is 29.5 Å². The molecule has 0 saturated heterocycles. The molecule has 0 aliphatic carbocycles. The fourth-order valence-electron chi connectivity index (χ4n) is 2.56. The molecule has 0 atom stereocenters. The van der Waals surface area contributed by atoms with Crippen LogP contribution in [-0.2, 0) is 12.8 Å². The number of nitrogen functional groups attached to an aromatic ring is 1. The van der Waals surface area contributed by atoms with Crippen molar-refractivity contribution in [1.29, 1.82) is 5.41 Å². The Balaban J connectivity index is 2.23. The molecule has 0 radical (unpaired) electrons. The molecule has 0 amide bonds. The predicted molar refractivity (Wildman–Crippen MR) is 107 cm³/mol. The molecule has 0 aliphatic rings. The van der Waals surface area contributed by atoms with Crippen LogP contribution in [0.1, 0.15) is 43.9 Å².